The van der Waals surface area contributed by atoms with Gasteiger partial charge in [0.05, 0.1) is 11.4 Å². The Morgan fingerprint density at radius 3 is 2.45 bits per heavy atom. The molecular weight excluding hydrogens is 292 g/mol. The number of H-pyrrole nitrogens is 1. The minimum absolute atomic E-state index is 0.698. The number of pyridine rings is 1. The van der Waals surface area contributed by atoms with Crippen LogP contribution in [0.3, 0.4) is 0 Å². The minimum Gasteiger partial charge on any atom is -0.291 e. The van der Waals surface area contributed by atoms with E-state index in [2.05, 4.69) is 10.1 Å². The normalized spacial score (nSPS) is 10.9. The van der Waals surface area contributed by atoms with Gasteiger partial charge in [-0.15, -0.1) is 0 Å². The van der Waals surface area contributed by atoms with Gasteiger partial charge in [0, 0.05) is 35.7 Å². The number of nitrogens with one attached hydrogen (secondary N) is 1. The van der Waals surface area contributed by atoms with Crippen LogP contribution >= 0.6 is 12.2 Å². The molecule has 0 atom stereocenters. The Morgan fingerprint density at radius 1 is 0.909 bits per heavy atom. The molecule has 0 saturated heterocycles. The molecule has 1 aromatic carbocycles. The summed E-state index contributed by atoms with van der Waals surface area (Å²) in [5.74, 6) is 0. The molecule has 0 fully saturated rings. The zero-order valence-corrected chi connectivity index (χ0v) is 12.4. The van der Waals surface area contributed by atoms with E-state index in [0.29, 0.717) is 4.64 Å². The average molecular weight is 304 g/mol. The van der Waals surface area contributed by atoms with E-state index < -0.39 is 0 Å². The van der Waals surface area contributed by atoms with Crippen LogP contribution < -0.4 is 0 Å². The van der Waals surface area contributed by atoms with Gasteiger partial charge in [-0.2, -0.15) is 0 Å². The summed E-state index contributed by atoms with van der Waals surface area (Å²) in [6.07, 6.45) is 3.53. The molecule has 1 N–H and O–H groups in total. The van der Waals surface area contributed by atoms with Crippen molar-refractivity contribution in [2.24, 2.45) is 0 Å². The van der Waals surface area contributed by atoms with Gasteiger partial charge in [0.15, 0.2) is 5.65 Å². The summed E-state index contributed by atoms with van der Waals surface area (Å²) >= 11 is 5.48. The van der Waals surface area contributed by atoms with Crippen LogP contribution in [0.4, 0.5) is 0 Å². The van der Waals surface area contributed by atoms with E-state index in [-0.39, 0.29) is 0 Å². The monoisotopic (exact) mass is 304 g/mol. The molecule has 0 aliphatic carbocycles. The topological polar surface area (TPSA) is 46.0 Å². The van der Waals surface area contributed by atoms with Crippen molar-refractivity contribution in [1.82, 2.24) is 19.6 Å². The Balaban J connectivity index is 1.91. The second-order valence-corrected chi connectivity index (χ2v) is 5.36. The highest BCUT2D eigenvalue weighted by Crippen LogP contribution is 2.22. The first-order valence-corrected chi connectivity index (χ1v) is 7.31. The third-order valence-electron chi connectivity index (χ3n) is 3.51. The molecule has 3 heterocycles. The number of fused-ring (bicyclic) bond motifs is 1. The van der Waals surface area contributed by atoms with Gasteiger partial charge in [-0.3, -0.25) is 10.1 Å². The van der Waals surface area contributed by atoms with E-state index in [0.717, 1.165) is 28.2 Å². The lowest BCUT2D eigenvalue weighted by atomic mass is 10.1. The molecule has 0 bridgehead atoms. The maximum absolute atomic E-state index is 5.48. The molecule has 4 aromatic rings. The van der Waals surface area contributed by atoms with E-state index in [1.807, 2.05) is 59.1 Å². The fourth-order valence-corrected chi connectivity index (χ4v) is 2.68. The molecule has 4 nitrogen and oxygen atoms in total. The second kappa shape index (κ2) is 5.20. The molecular formula is C17H12N4S. The van der Waals surface area contributed by atoms with Crippen molar-refractivity contribution < 1.29 is 0 Å². The number of benzene rings is 1. The van der Waals surface area contributed by atoms with Gasteiger partial charge in [0.2, 0.25) is 0 Å². The lowest BCUT2D eigenvalue weighted by molar-refractivity contribution is 0.930. The van der Waals surface area contributed by atoms with E-state index in [9.17, 15) is 0 Å². The maximum Gasteiger partial charge on any atom is 0.155 e. The molecule has 0 unspecified atom stereocenters. The molecule has 3 aromatic heterocycles. The van der Waals surface area contributed by atoms with Crippen molar-refractivity contribution in [2.75, 3.05) is 0 Å². The first kappa shape index (κ1) is 12.9. The lowest BCUT2D eigenvalue weighted by Crippen LogP contribution is -1.94. The zero-order chi connectivity index (χ0) is 14.9. The first-order chi connectivity index (χ1) is 10.8. The smallest absolute Gasteiger partial charge is 0.155 e. The van der Waals surface area contributed by atoms with Crippen LogP contribution in [0.15, 0.2) is 67.0 Å². The highest BCUT2D eigenvalue weighted by molar-refractivity contribution is 7.71. The summed E-state index contributed by atoms with van der Waals surface area (Å²) in [5.41, 5.74) is 4.76. The Hall–Kier alpha value is -2.79. The molecule has 0 saturated carbocycles. The van der Waals surface area contributed by atoms with Crippen LogP contribution in [-0.4, -0.2) is 19.6 Å². The number of nitrogens with zero attached hydrogens (tertiary/aromatic N) is 3. The van der Waals surface area contributed by atoms with Crippen LogP contribution in [0.25, 0.3) is 28.2 Å². The molecule has 5 heteroatoms. The van der Waals surface area contributed by atoms with E-state index in [4.69, 9.17) is 17.2 Å². The molecule has 4 rings (SSSR count). The molecule has 0 spiro atoms. The van der Waals surface area contributed by atoms with E-state index in [1.165, 1.54) is 0 Å². The van der Waals surface area contributed by atoms with Gasteiger partial charge < -0.3 is 0 Å². The fourth-order valence-electron chi connectivity index (χ4n) is 2.43. The number of rotatable bonds is 2. The SMILES string of the molecule is S=c1cc(-c2ccccc2)nc2cc(-c3ccncc3)[nH]n12. The Morgan fingerprint density at radius 2 is 1.68 bits per heavy atom. The van der Waals surface area contributed by atoms with Gasteiger partial charge in [-0.1, -0.05) is 42.5 Å². The van der Waals surface area contributed by atoms with Crippen molar-refractivity contribution in [3.63, 3.8) is 0 Å². The quantitative estimate of drug-likeness (QED) is 0.567. The van der Waals surface area contributed by atoms with Crippen LogP contribution in [0, 0.1) is 4.64 Å². The summed E-state index contributed by atoms with van der Waals surface area (Å²) < 4.78 is 2.52. The second-order valence-electron chi connectivity index (χ2n) is 4.94. The highest BCUT2D eigenvalue weighted by atomic mass is 32.1. The predicted molar refractivity (Wildman–Crippen MR) is 89.0 cm³/mol. The van der Waals surface area contributed by atoms with Crippen LogP contribution in [0.1, 0.15) is 0 Å². The van der Waals surface area contributed by atoms with E-state index in [1.54, 1.807) is 12.4 Å². The third-order valence-corrected chi connectivity index (χ3v) is 3.81. The predicted octanol–water partition coefficient (Wildman–Crippen LogP) is 4.12. The third kappa shape index (κ3) is 2.21. The Labute approximate surface area is 132 Å². The van der Waals surface area contributed by atoms with Crippen molar-refractivity contribution >= 4 is 17.9 Å². The summed E-state index contributed by atoms with van der Waals surface area (Å²) in [7, 11) is 0. The van der Waals surface area contributed by atoms with Crippen molar-refractivity contribution in [1.29, 1.82) is 0 Å². The number of hydrogen-bond donors (Lipinski definition) is 1. The molecule has 0 radical (unpaired) electrons. The summed E-state index contributed by atoms with van der Waals surface area (Å²) in [6, 6.07) is 17.9. The maximum atomic E-state index is 5.48. The fraction of sp³-hybridized carbons (Fsp3) is 0. The largest absolute Gasteiger partial charge is 0.291 e. The highest BCUT2D eigenvalue weighted by Gasteiger charge is 2.07. The Bertz CT molecular complexity index is 988. The van der Waals surface area contributed by atoms with Crippen molar-refractivity contribution in [2.45, 2.75) is 0 Å². The zero-order valence-electron chi connectivity index (χ0n) is 11.6. The van der Waals surface area contributed by atoms with Gasteiger partial charge >= 0.3 is 0 Å². The van der Waals surface area contributed by atoms with Crippen LogP contribution in [0.5, 0.6) is 0 Å². The van der Waals surface area contributed by atoms with Gasteiger partial charge in [-0.05, 0) is 12.1 Å². The summed E-state index contributed by atoms with van der Waals surface area (Å²) in [5, 5.41) is 3.28. The van der Waals surface area contributed by atoms with E-state index >= 15 is 0 Å². The van der Waals surface area contributed by atoms with Crippen LogP contribution in [-0.2, 0) is 0 Å². The number of aromatic amines is 1. The molecule has 0 aliphatic rings. The molecule has 0 aliphatic heterocycles. The van der Waals surface area contributed by atoms with Crippen molar-refractivity contribution in [3.05, 3.63) is 71.6 Å². The lowest BCUT2D eigenvalue weighted by Gasteiger charge is -2.01. The Kier molecular flexibility index (Phi) is 3.05. The van der Waals surface area contributed by atoms with Gasteiger partial charge in [0.1, 0.15) is 4.64 Å². The van der Waals surface area contributed by atoms with Gasteiger partial charge in [-0.25, -0.2) is 9.50 Å². The van der Waals surface area contributed by atoms with Gasteiger partial charge in [0.25, 0.3) is 0 Å². The standard InChI is InChI=1S/C17H12N4S/c22-17-11-14(12-4-2-1-3-5-12)19-16-10-15(20-21(16)17)13-6-8-18-9-7-13/h1-11,20H. The molecule has 106 valence electrons. The average Bonchev–Trinajstić information content (AvgIpc) is 3.01. The van der Waals surface area contributed by atoms with Crippen molar-refractivity contribution in [3.8, 4) is 22.5 Å². The summed E-state index contributed by atoms with van der Waals surface area (Å²) in [4.78, 5) is 8.74. The number of hydrogen-bond acceptors (Lipinski definition) is 3. The molecule has 0 amide bonds. The minimum atomic E-state index is 0.698. The summed E-state index contributed by atoms with van der Waals surface area (Å²) in [6.45, 7) is 0. The number of aromatic nitrogens is 4. The first-order valence-electron chi connectivity index (χ1n) is 6.90. The molecule has 22 heavy (non-hydrogen) atoms. The van der Waals surface area contributed by atoms with Crippen LogP contribution in [0.2, 0.25) is 0 Å².